The highest BCUT2D eigenvalue weighted by Crippen LogP contribution is 2.37. The highest BCUT2D eigenvalue weighted by atomic mass is 16.7. The third-order valence-electron chi connectivity index (χ3n) is 4.71. The van der Waals surface area contributed by atoms with Crippen LogP contribution in [0, 0.1) is 0 Å². The minimum Gasteiger partial charge on any atom is -0.467 e. The molecular formula is C20H31N3O2. The molecule has 2 rings (SSSR count). The molecule has 25 heavy (non-hydrogen) atoms. The molecule has 0 saturated heterocycles. The molecule has 0 amide bonds. The molecule has 0 spiro atoms. The molecule has 138 valence electrons. The Bertz CT molecular complexity index is 566. The number of nitrogens with one attached hydrogen (secondary N) is 1. The van der Waals surface area contributed by atoms with E-state index in [2.05, 4.69) is 36.5 Å². The monoisotopic (exact) mass is 345 g/mol. The van der Waals surface area contributed by atoms with E-state index in [4.69, 9.17) is 9.47 Å². The Morgan fingerprint density at radius 3 is 2.44 bits per heavy atom. The minimum absolute atomic E-state index is 0.247. The van der Waals surface area contributed by atoms with E-state index < -0.39 is 5.54 Å². The van der Waals surface area contributed by atoms with E-state index in [0.29, 0.717) is 0 Å². The lowest BCUT2D eigenvalue weighted by molar-refractivity contribution is -0.0368. The lowest BCUT2D eigenvalue weighted by Crippen LogP contribution is -2.35. The predicted octanol–water partition coefficient (Wildman–Crippen LogP) is 5.46. The number of unbranched alkanes of at least 4 members (excludes halogenated alkanes) is 3. The summed E-state index contributed by atoms with van der Waals surface area (Å²) >= 11 is 0. The molecule has 1 aromatic rings. The lowest BCUT2D eigenvalue weighted by atomic mass is 9.88. The van der Waals surface area contributed by atoms with Gasteiger partial charge in [-0.15, -0.1) is 0 Å². The smallest absolute Gasteiger partial charge is 0.188 e. The van der Waals surface area contributed by atoms with Crippen LogP contribution < -0.4 is 5.43 Å². The van der Waals surface area contributed by atoms with Crippen molar-refractivity contribution in [2.75, 3.05) is 13.4 Å². The molecule has 1 heterocycles. The largest absolute Gasteiger partial charge is 0.467 e. The number of hydrogen-bond acceptors (Lipinski definition) is 5. The molecule has 1 N–H and O–H groups in total. The van der Waals surface area contributed by atoms with Gasteiger partial charge in [-0.25, -0.2) is 0 Å². The second kappa shape index (κ2) is 10.2. The van der Waals surface area contributed by atoms with Crippen molar-refractivity contribution in [3.05, 3.63) is 41.7 Å². The Balaban J connectivity index is 2.09. The first-order valence-corrected chi connectivity index (χ1v) is 9.46. The maximum atomic E-state index is 6.10. The molecule has 0 saturated carbocycles. The minimum atomic E-state index is -0.429. The van der Waals surface area contributed by atoms with Crippen LogP contribution in [0.25, 0.3) is 5.70 Å². The molecule has 0 radical (unpaired) electrons. The summed E-state index contributed by atoms with van der Waals surface area (Å²) in [6, 6.07) is 10.1. The van der Waals surface area contributed by atoms with Crippen molar-refractivity contribution >= 4 is 5.70 Å². The summed E-state index contributed by atoms with van der Waals surface area (Å²) in [6.07, 6.45) is 6.43. The molecule has 1 aromatic carbocycles. The molecule has 5 heteroatoms. The van der Waals surface area contributed by atoms with Gasteiger partial charge in [0.05, 0.1) is 6.61 Å². The van der Waals surface area contributed by atoms with Gasteiger partial charge in [0.15, 0.2) is 12.6 Å². The van der Waals surface area contributed by atoms with Crippen molar-refractivity contribution in [3.8, 4) is 0 Å². The summed E-state index contributed by atoms with van der Waals surface area (Å²) in [5.41, 5.74) is 4.54. The summed E-state index contributed by atoms with van der Waals surface area (Å²) in [5.74, 6) is 0.826. The lowest BCUT2D eigenvalue weighted by Gasteiger charge is -2.33. The van der Waals surface area contributed by atoms with Gasteiger partial charge in [-0.05, 0) is 19.3 Å². The van der Waals surface area contributed by atoms with Crippen molar-refractivity contribution in [2.45, 2.75) is 64.8 Å². The normalized spacial score (nSPS) is 16.0. The third-order valence-corrected chi connectivity index (χ3v) is 4.71. The van der Waals surface area contributed by atoms with Gasteiger partial charge in [0.1, 0.15) is 11.2 Å². The first-order valence-electron chi connectivity index (χ1n) is 9.46. The van der Waals surface area contributed by atoms with Crippen LogP contribution in [0.3, 0.4) is 0 Å². The number of rotatable bonds is 11. The highest BCUT2D eigenvalue weighted by molar-refractivity contribution is 5.68. The zero-order chi connectivity index (χ0) is 18.0. The van der Waals surface area contributed by atoms with Gasteiger partial charge in [0.2, 0.25) is 0 Å². The molecular weight excluding hydrogens is 314 g/mol. The van der Waals surface area contributed by atoms with Crippen LogP contribution in [0.1, 0.15) is 64.9 Å². The summed E-state index contributed by atoms with van der Waals surface area (Å²) in [4.78, 5) is 0. The van der Waals surface area contributed by atoms with Gasteiger partial charge in [-0.2, -0.15) is 5.11 Å². The second-order valence-corrected chi connectivity index (χ2v) is 6.35. The van der Waals surface area contributed by atoms with Gasteiger partial charge in [-0.1, -0.05) is 75.6 Å². The van der Waals surface area contributed by atoms with Gasteiger partial charge < -0.3 is 9.47 Å². The first kappa shape index (κ1) is 19.4. The summed E-state index contributed by atoms with van der Waals surface area (Å²) in [6.45, 7) is 7.42. The van der Waals surface area contributed by atoms with Crippen LogP contribution in [0.5, 0.6) is 0 Å². The summed E-state index contributed by atoms with van der Waals surface area (Å²) in [7, 11) is 0. The Labute approximate surface area is 151 Å². The molecule has 1 aliphatic rings. The average Bonchev–Trinajstić information content (AvgIpc) is 2.68. The van der Waals surface area contributed by atoms with Crippen LogP contribution in [0.15, 0.2) is 46.4 Å². The van der Waals surface area contributed by atoms with E-state index in [0.717, 1.165) is 42.9 Å². The molecule has 1 aliphatic heterocycles. The molecule has 0 bridgehead atoms. The van der Waals surface area contributed by atoms with Crippen molar-refractivity contribution in [3.63, 3.8) is 0 Å². The summed E-state index contributed by atoms with van der Waals surface area (Å²) < 4.78 is 11.8. The highest BCUT2D eigenvalue weighted by Gasteiger charge is 2.38. The van der Waals surface area contributed by atoms with Gasteiger partial charge in [0, 0.05) is 5.56 Å². The molecule has 0 unspecified atom stereocenters. The fraction of sp³-hybridized carbons (Fsp3) is 0.600. The van der Waals surface area contributed by atoms with E-state index in [1.54, 1.807) is 0 Å². The van der Waals surface area contributed by atoms with Crippen molar-refractivity contribution in [1.29, 1.82) is 0 Å². The predicted molar refractivity (Wildman–Crippen MR) is 101 cm³/mol. The second-order valence-electron chi connectivity index (χ2n) is 6.35. The first-order chi connectivity index (χ1) is 12.3. The summed E-state index contributed by atoms with van der Waals surface area (Å²) in [5, 5.41) is 8.62. The van der Waals surface area contributed by atoms with Crippen LogP contribution in [0.2, 0.25) is 0 Å². The fourth-order valence-corrected chi connectivity index (χ4v) is 3.01. The van der Waals surface area contributed by atoms with Crippen LogP contribution >= 0.6 is 0 Å². The molecule has 0 atom stereocenters. The number of nitrogens with zero attached hydrogens (tertiary/aromatic N) is 2. The number of ether oxygens (including phenoxy) is 2. The Morgan fingerprint density at radius 1 is 1.00 bits per heavy atom. The maximum absolute atomic E-state index is 6.10. The maximum Gasteiger partial charge on any atom is 0.188 e. The van der Waals surface area contributed by atoms with E-state index in [1.807, 2.05) is 30.3 Å². The SMILES string of the molecule is CCCCCCOCOC1=C(c2ccccc2)NN=NC1(CC)CC. The van der Waals surface area contributed by atoms with Gasteiger partial charge in [0.25, 0.3) is 0 Å². The zero-order valence-electron chi connectivity index (χ0n) is 15.8. The van der Waals surface area contributed by atoms with Gasteiger partial charge in [-0.3, -0.25) is 5.43 Å². The average molecular weight is 345 g/mol. The van der Waals surface area contributed by atoms with E-state index >= 15 is 0 Å². The van der Waals surface area contributed by atoms with Crippen LogP contribution in [-0.4, -0.2) is 18.9 Å². The third kappa shape index (κ3) is 5.05. The number of hydrogen-bond donors (Lipinski definition) is 1. The molecule has 5 nitrogen and oxygen atoms in total. The van der Waals surface area contributed by atoms with Crippen molar-refractivity contribution < 1.29 is 9.47 Å². The van der Waals surface area contributed by atoms with Crippen molar-refractivity contribution in [1.82, 2.24) is 5.43 Å². The van der Waals surface area contributed by atoms with Gasteiger partial charge >= 0.3 is 0 Å². The Morgan fingerprint density at radius 2 is 1.76 bits per heavy atom. The molecule has 0 fully saturated rings. The molecule has 0 aromatic heterocycles. The quantitative estimate of drug-likeness (QED) is 0.428. The zero-order valence-corrected chi connectivity index (χ0v) is 15.8. The standard InChI is InChI=1S/C20H31N3O2/c1-4-7-8-12-15-24-16-25-19-18(17-13-10-9-11-14-17)21-23-22-20(19,5-2)6-3/h9-11,13-14H,4-8,12,15-16H2,1-3H3,(H,21,22). The Kier molecular flexibility index (Phi) is 7.92. The fourth-order valence-electron chi connectivity index (χ4n) is 3.01. The topological polar surface area (TPSA) is 55.2 Å². The van der Waals surface area contributed by atoms with Crippen molar-refractivity contribution in [2.24, 2.45) is 10.3 Å². The van der Waals surface area contributed by atoms with E-state index in [-0.39, 0.29) is 6.79 Å². The van der Waals surface area contributed by atoms with Crippen LogP contribution in [0.4, 0.5) is 0 Å². The van der Waals surface area contributed by atoms with Crippen LogP contribution in [-0.2, 0) is 9.47 Å². The Hall–Kier alpha value is -1.88. The van der Waals surface area contributed by atoms with E-state index in [1.165, 1.54) is 19.3 Å². The van der Waals surface area contributed by atoms with E-state index in [9.17, 15) is 0 Å². The molecule has 0 aliphatic carbocycles. The number of benzene rings is 1.